The standard InChI is InChI=1S/C15H24NO3P/c1-12(2)13-5-4-10-16(17)20(18,11-13)15-8-6-14(19-3)7-9-15/h6-9,12-13,17H,4-5,10-11H2,1-3H3. The lowest BCUT2D eigenvalue weighted by atomic mass is 9.93. The third-order valence-electron chi connectivity index (χ3n) is 4.21. The molecule has 2 rings (SSSR count). The summed E-state index contributed by atoms with van der Waals surface area (Å²) >= 11 is 0. The van der Waals surface area contributed by atoms with Crippen LogP contribution in [0.2, 0.25) is 0 Å². The molecule has 1 aliphatic heterocycles. The van der Waals surface area contributed by atoms with Crippen molar-refractivity contribution in [2.45, 2.75) is 26.7 Å². The summed E-state index contributed by atoms with van der Waals surface area (Å²) < 4.78 is 18.5. The molecule has 0 aliphatic carbocycles. The van der Waals surface area contributed by atoms with Crippen molar-refractivity contribution in [3.05, 3.63) is 24.3 Å². The Morgan fingerprint density at radius 3 is 2.55 bits per heavy atom. The van der Waals surface area contributed by atoms with E-state index in [0.717, 1.165) is 23.4 Å². The maximum absolute atomic E-state index is 13.3. The first-order valence-corrected chi connectivity index (χ1v) is 9.02. The highest BCUT2D eigenvalue weighted by atomic mass is 31.2. The molecule has 1 heterocycles. The van der Waals surface area contributed by atoms with Gasteiger partial charge in [-0.2, -0.15) is 0 Å². The van der Waals surface area contributed by atoms with Gasteiger partial charge in [-0.05, 0) is 48.9 Å². The van der Waals surface area contributed by atoms with Crippen LogP contribution in [0, 0.1) is 11.8 Å². The third kappa shape index (κ3) is 3.08. The molecule has 1 N–H and O–H groups in total. The highest BCUT2D eigenvalue weighted by Crippen LogP contribution is 2.52. The predicted molar refractivity (Wildman–Crippen MR) is 81.2 cm³/mol. The molecular formula is C15H24NO3P. The summed E-state index contributed by atoms with van der Waals surface area (Å²) in [5, 5.41) is 10.9. The molecule has 0 aromatic heterocycles. The Hall–Kier alpha value is -0.830. The normalized spacial score (nSPS) is 28.4. The van der Waals surface area contributed by atoms with Gasteiger partial charge in [-0.1, -0.05) is 13.8 Å². The molecular weight excluding hydrogens is 273 g/mol. The third-order valence-corrected chi connectivity index (χ3v) is 7.22. The molecule has 0 radical (unpaired) electrons. The minimum atomic E-state index is -2.91. The van der Waals surface area contributed by atoms with Gasteiger partial charge in [0.25, 0.3) is 0 Å². The highest BCUT2D eigenvalue weighted by Gasteiger charge is 2.37. The molecule has 4 nitrogen and oxygen atoms in total. The Labute approximate surface area is 121 Å². The zero-order chi connectivity index (χ0) is 14.8. The average molecular weight is 297 g/mol. The fourth-order valence-corrected chi connectivity index (χ4v) is 5.74. The zero-order valence-electron chi connectivity index (χ0n) is 12.5. The Morgan fingerprint density at radius 2 is 2.00 bits per heavy atom. The SMILES string of the molecule is COc1ccc(P2(=O)CC(C(C)C)CCCN2O)cc1. The van der Waals surface area contributed by atoms with Gasteiger partial charge in [-0.15, -0.1) is 4.83 Å². The van der Waals surface area contributed by atoms with Crippen molar-refractivity contribution in [1.82, 2.24) is 4.83 Å². The summed E-state index contributed by atoms with van der Waals surface area (Å²) in [6, 6.07) is 7.23. The van der Waals surface area contributed by atoms with Crippen molar-refractivity contribution in [1.29, 1.82) is 0 Å². The second-order valence-corrected chi connectivity index (χ2v) is 8.57. The van der Waals surface area contributed by atoms with Gasteiger partial charge in [-0.25, -0.2) is 0 Å². The summed E-state index contributed by atoms with van der Waals surface area (Å²) in [5.74, 6) is 1.60. The molecule has 1 aliphatic rings. The number of benzene rings is 1. The Morgan fingerprint density at radius 1 is 1.35 bits per heavy atom. The van der Waals surface area contributed by atoms with Crippen LogP contribution >= 0.6 is 7.29 Å². The van der Waals surface area contributed by atoms with Gasteiger partial charge in [0.2, 0.25) is 7.29 Å². The Balaban J connectivity index is 2.34. The van der Waals surface area contributed by atoms with E-state index >= 15 is 0 Å². The van der Waals surface area contributed by atoms with Crippen LogP contribution in [0.3, 0.4) is 0 Å². The molecule has 1 fully saturated rings. The molecule has 0 spiro atoms. The van der Waals surface area contributed by atoms with Gasteiger partial charge in [-0.3, -0.25) is 4.57 Å². The molecule has 2 atom stereocenters. The van der Waals surface area contributed by atoms with Crippen LogP contribution in [0.25, 0.3) is 0 Å². The zero-order valence-corrected chi connectivity index (χ0v) is 13.3. The van der Waals surface area contributed by atoms with Crippen molar-refractivity contribution < 1.29 is 14.5 Å². The van der Waals surface area contributed by atoms with E-state index in [9.17, 15) is 9.77 Å². The topological polar surface area (TPSA) is 49.8 Å². The molecule has 1 aromatic carbocycles. The molecule has 0 bridgehead atoms. The van der Waals surface area contributed by atoms with E-state index in [1.54, 1.807) is 19.2 Å². The van der Waals surface area contributed by atoms with Gasteiger partial charge in [0.1, 0.15) is 5.75 Å². The second kappa shape index (κ2) is 6.30. The van der Waals surface area contributed by atoms with E-state index in [2.05, 4.69) is 13.8 Å². The lowest BCUT2D eigenvalue weighted by Gasteiger charge is -2.27. The van der Waals surface area contributed by atoms with Crippen LogP contribution in [0.15, 0.2) is 24.3 Å². The molecule has 1 saturated heterocycles. The van der Waals surface area contributed by atoms with Crippen LogP contribution in [-0.2, 0) is 4.57 Å². The van der Waals surface area contributed by atoms with Crippen molar-refractivity contribution >= 4 is 12.6 Å². The summed E-state index contributed by atoms with van der Waals surface area (Å²) in [5.41, 5.74) is 0. The van der Waals surface area contributed by atoms with Gasteiger partial charge in [0.15, 0.2) is 0 Å². The number of ether oxygens (including phenoxy) is 1. The molecule has 0 amide bonds. The molecule has 1 aromatic rings. The second-order valence-electron chi connectivity index (χ2n) is 5.82. The highest BCUT2D eigenvalue weighted by molar-refractivity contribution is 7.69. The van der Waals surface area contributed by atoms with Crippen molar-refractivity contribution in [2.75, 3.05) is 19.8 Å². The fraction of sp³-hybridized carbons (Fsp3) is 0.600. The summed E-state index contributed by atoms with van der Waals surface area (Å²) in [6.07, 6.45) is 2.46. The first-order chi connectivity index (χ1) is 9.47. The molecule has 2 unspecified atom stereocenters. The van der Waals surface area contributed by atoms with Crippen molar-refractivity contribution in [2.24, 2.45) is 11.8 Å². The molecule has 20 heavy (non-hydrogen) atoms. The van der Waals surface area contributed by atoms with Crippen LogP contribution in [0.5, 0.6) is 5.75 Å². The molecule has 0 saturated carbocycles. The number of methoxy groups -OCH3 is 1. The Kier molecular flexibility index (Phi) is 4.90. The number of hydrogen-bond acceptors (Lipinski definition) is 3. The number of hydrogen-bond donors (Lipinski definition) is 1. The summed E-state index contributed by atoms with van der Waals surface area (Å²) in [6.45, 7) is 4.80. The first kappa shape index (κ1) is 15.6. The van der Waals surface area contributed by atoms with Gasteiger partial charge in [0, 0.05) is 18.0 Å². The number of hydroxylamine groups is 1. The largest absolute Gasteiger partial charge is 0.497 e. The quantitative estimate of drug-likeness (QED) is 0.869. The molecule has 5 heteroatoms. The minimum Gasteiger partial charge on any atom is -0.497 e. The van der Waals surface area contributed by atoms with Crippen molar-refractivity contribution in [3.63, 3.8) is 0 Å². The van der Waals surface area contributed by atoms with E-state index in [0.29, 0.717) is 29.8 Å². The smallest absolute Gasteiger partial charge is 0.200 e. The van der Waals surface area contributed by atoms with Gasteiger partial charge in [0.05, 0.1) is 7.11 Å². The van der Waals surface area contributed by atoms with Gasteiger partial charge < -0.3 is 9.94 Å². The lowest BCUT2D eigenvalue weighted by Crippen LogP contribution is -2.26. The van der Waals surface area contributed by atoms with E-state index < -0.39 is 7.29 Å². The lowest BCUT2D eigenvalue weighted by molar-refractivity contribution is 0.00249. The summed E-state index contributed by atoms with van der Waals surface area (Å²) in [7, 11) is -1.30. The first-order valence-electron chi connectivity index (χ1n) is 7.18. The van der Waals surface area contributed by atoms with Crippen molar-refractivity contribution in [3.8, 4) is 5.75 Å². The number of nitrogens with zero attached hydrogens (tertiary/aromatic N) is 1. The monoisotopic (exact) mass is 297 g/mol. The van der Waals surface area contributed by atoms with Crippen LogP contribution < -0.4 is 10.0 Å². The predicted octanol–water partition coefficient (Wildman–Crippen LogP) is 3.36. The maximum Gasteiger partial charge on any atom is 0.200 e. The average Bonchev–Trinajstić information content (AvgIpc) is 2.60. The van der Waals surface area contributed by atoms with Crippen LogP contribution in [-0.4, -0.2) is 29.9 Å². The maximum atomic E-state index is 13.3. The van der Waals surface area contributed by atoms with Crippen LogP contribution in [0.4, 0.5) is 0 Å². The van der Waals surface area contributed by atoms with E-state index in [1.165, 1.54) is 0 Å². The van der Waals surface area contributed by atoms with E-state index in [-0.39, 0.29) is 0 Å². The van der Waals surface area contributed by atoms with Crippen LogP contribution in [0.1, 0.15) is 26.7 Å². The minimum absolute atomic E-state index is 0.389. The van der Waals surface area contributed by atoms with Gasteiger partial charge >= 0.3 is 0 Å². The molecule has 112 valence electrons. The number of rotatable bonds is 3. The van der Waals surface area contributed by atoms with E-state index in [4.69, 9.17) is 4.74 Å². The summed E-state index contributed by atoms with van der Waals surface area (Å²) in [4.78, 5) is 1.09. The Bertz CT molecular complexity index is 486. The van der Waals surface area contributed by atoms with E-state index in [1.807, 2.05) is 12.1 Å². The fourth-order valence-electron chi connectivity index (χ4n) is 2.76.